The molecule has 0 spiro atoms. The van der Waals surface area contributed by atoms with Crippen LogP contribution < -0.4 is 5.32 Å². The summed E-state index contributed by atoms with van der Waals surface area (Å²) in [6.07, 6.45) is 1.44. The summed E-state index contributed by atoms with van der Waals surface area (Å²) in [7, 11) is 1.67. The zero-order valence-electron chi connectivity index (χ0n) is 12.4. The number of aryl methyl sites for hydroxylation is 2. The number of halogens is 1. The van der Waals surface area contributed by atoms with Crippen LogP contribution in [0.2, 0.25) is 0 Å². The molecule has 0 saturated carbocycles. The first-order chi connectivity index (χ1) is 10.0. The summed E-state index contributed by atoms with van der Waals surface area (Å²) in [5.41, 5.74) is 4.83. The average molecular weight is 283 g/mol. The molecule has 0 saturated heterocycles. The molecule has 1 N–H and O–H groups in total. The van der Waals surface area contributed by atoms with Gasteiger partial charge in [0.15, 0.2) is 0 Å². The zero-order chi connectivity index (χ0) is 15.4. The molecule has 0 amide bonds. The Labute approximate surface area is 124 Å². The quantitative estimate of drug-likeness (QED) is 0.532. The number of nitrogens with zero attached hydrogens (tertiary/aromatic N) is 2. The van der Waals surface area contributed by atoms with Crippen LogP contribution in [0.25, 0.3) is 5.70 Å². The van der Waals surface area contributed by atoms with Gasteiger partial charge in [0.2, 0.25) is 5.95 Å². The molecule has 4 heteroatoms. The van der Waals surface area contributed by atoms with E-state index in [1.807, 2.05) is 19.1 Å². The van der Waals surface area contributed by atoms with Gasteiger partial charge in [0.1, 0.15) is 5.84 Å². The summed E-state index contributed by atoms with van der Waals surface area (Å²) in [5, 5.41) is 3.17. The molecule has 21 heavy (non-hydrogen) atoms. The number of nitrogens with one attached hydrogen (secondary N) is 1. The number of aliphatic imine (C=N–C) groups is 1. The van der Waals surface area contributed by atoms with Crippen LogP contribution in [-0.4, -0.2) is 17.9 Å². The number of aromatic nitrogens is 1. The van der Waals surface area contributed by atoms with Gasteiger partial charge >= 0.3 is 0 Å². The van der Waals surface area contributed by atoms with Crippen molar-refractivity contribution in [3.05, 3.63) is 71.3 Å². The third kappa shape index (κ3) is 3.54. The van der Waals surface area contributed by atoms with Crippen molar-refractivity contribution in [3.63, 3.8) is 0 Å². The average Bonchev–Trinajstić information content (AvgIpc) is 2.45. The van der Waals surface area contributed by atoms with Crippen molar-refractivity contribution in [2.75, 3.05) is 7.05 Å². The molecule has 0 radical (unpaired) electrons. The Morgan fingerprint density at radius 1 is 1.24 bits per heavy atom. The van der Waals surface area contributed by atoms with Crippen LogP contribution in [0.15, 0.2) is 48.1 Å². The van der Waals surface area contributed by atoms with E-state index in [0.29, 0.717) is 11.4 Å². The lowest BCUT2D eigenvalue weighted by atomic mass is 10.0. The number of benzene rings is 1. The normalized spacial score (nSPS) is 11.3. The minimum Gasteiger partial charge on any atom is -0.340 e. The van der Waals surface area contributed by atoms with E-state index in [1.165, 1.54) is 17.8 Å². The Morgan fingerprint density at radius 2 is 2.00 bits per heavy atom. The van der Waals surface area contributed by atoms with Crippen LogP contribution >= 0.6 is 0 Å². The molecule has 3 nitrogen and oxygen atoms in total. The molecule has 1 aromatic heterocycles. The van der Waals surface area contributed by atoms with E-state index in [2.05, 4.69) is 34.9 Å². The Hall–Kier alpha value is -2.49. The maximum atomic E-state index is 12.9. The lowest BCUT2D eigenvalue weighted by Gasteiger charge is -2.14. The van der Waals surface area contributed by atoms with E-state index in [0.717, 1.165) is 16.8 Å². The molecule has 0 fully saturated rings. The number of pyridine rings is 1. The highest BCUT2D eigenvalue weighted by molar-refractivity contribution is 6.03. The van der Waals surface area contributed by atoms with E-state index in [9.17, 15) is 4.39 Å². The first-order valence-electron chi connectivity index (χ1n) is 6.63. The van der Waals surface area contributed by atoms with Crippen LogP contribution in [-0.2, 0) is 0 Å². The highest BCUT2D eigenvalue weighted by Gasteiger charge is 2.08. The third-order valence-corrected chi connectivity index (χ3v) is 3.20. The molecule has 2 aromatic rings. The number of amidine groups is 1. The van der Waals surface area contributed by atoms with Gasteiger partial charge in [-0.25, -0.2) is 4.98 Å². The second kappa shape index (κ2) is 6.31. The first kappa shape index (κ1) is 14.9. The van der Waals surface area contributed by atoms with Gasteiger partial charge in [0.05, 0.1) is 0 Å². The molecular weight excluding hydrogens is 265 g/mol. The SMILES string of the molecule is C=C(NC(=NC)c1ccc(F)nc1)c1ccc(C)cc1C. The van der Waals surface area contributed by atoms with E-state index < -0.39 is 5.95 Å². The largest absolute Gasteiger partial charge is 0.340 e. The molecule has 0 bridgehead atoms. The lowest BCUT2D eigenvalue weighted by molar-refractivity contribution is 0.583. The number of rotatable bonds is 3. The summed E-state index contributed by atoms with van der Waals surface area (Å²) >= 11 is 0. The molecule has 108 valence electrons. The molecule has 0 atom stereocenters. The van der Waals surface area contributed by atoms with Crippen LogP contribution in [0.1, 0.15) is 22.3 Å². The van der Waals surface area contributed by atoms with E-state index in [4.69, 9.17) is 0 Å². The zero-order valence-corrected chi connectivity index (χ0v) is 12.4. The predicted molar refractivity (Wildman–Crippen MR) is 84.7 cm³/mol. The Kier molecular flexibility index (Phi) is 4.48. The van der Waals surface area contributed by atoms with Crippen molar-refractivity contribution in [1.29, 1.82) is 0 Å². The van der Waals surface area contributed by atoms with Gasteiger partial charge in [-0.2, -0.15) is 4.39 Å². The summed E-state index contributed by atoms with van der Waals surface area (Å²) < 4.78 is 12.9. The maximum absolute atomic E-state index is 12.9. The Balaban J connectivity index is 2.22. The summed E-state index contributed by atoms with van der Waals surface area (Å²) in [6.45, 7) is 8.15. The van der Waals surface area contributed by atoms with Gasteiger partial charge in [0, 0.05) is 30.1 Å². The molecule has 0 unspecified atom stereocenters. The fourth-order valence-electron chi connectivity index (χ4n) is 2.14. The standard InChI is InChI=1S/C17H18FN3/c1-11-5-7-15(12(2)9-11)13(3)21-17(19-4)14-6-8-16(18)20-10-14/h5-10H,3H2,1-2,4H3,(H,19,21). The predicted octanol–water partition coefficient (Wildman–Crippen LogP) is 3.47. The van der Waals surface area contributed by atoms with Gasteiger partial charge in [-0.3, -0.25) is 4.99 Å². The van der Waals surface area contributed by atoms with Gasteiger partial charge in [-0.15, -0.1) is 0 Å². The summed E-state index contributed by atoms with van der Waals surface area (Å²) in [5.74, 6) is 0.0925. The number of hydrogen-bond donors (Lipinski definition) is 1. The second-order valence-electron chi connectivity index (χ2n) is 4.86. The fraction of sp³-hybridized carbons (Fsp3) is 0.176. The van der Waals surface area contributed by atoms with Gasteiger partial charge in [0.25, 0.3) is 0 Å². The van der Waals surface area contributed by atoms with Crippen LogP contribution in [0, 0.1) is 19.8 Å². The van der Waals surface area contributed by atoms with E-state index >= 15 is 0 Å². The topological polar surface area (TPSA) is 37.3 Å². The van der Waals surface area contributed by atoms with Crippen molar-refractivity contribution in [3.8, 4) is 0 Å². The number of hydrogen-bond acceptors (Lipinski definition) is 2. The van der Waals surface area contributed by atoms with Crippen molar-refractivity contribution >= 4 is 11.5 Å². The maximum Gasteiger partial charge on any atom is 0.212 e. The molecule has 0 aliphatic carbocycles. The smallest absolute Gasteiger partial charge is 0.212 e. The van der Waals surface area contributed by atoms with Crippen LogP contribution in [0.5, 0.6) is 0 Å². The summed E-state index contributed by atoms with van der Waals surface area (Å²) in [6, 6.07) is 9.10. The van der Waals surface area contributed by atoms with E-state index in [-0.39, 0.29) is 0 Å². The monoisotopic (exact) mass is 283 g/mol. The van der Waals surface area contributed by atoms with Crippen molar-refractivity contribution in [2.45, 2.75) is 13.8 Å². The second-order valence-corrected chi connectivity index (χ2v) is 4.86. The first-order valence-corrected chi connectivity index (χ1v) is 6.63. The Bertz CT molecular complexity index is 688. The fourth-order valence-corrected chi connectivity index (χ4v) is 2.14. The van der Waals surface area contributed by atoms with Crippen molar-refractivity contribution < 1.29 is 4.39 Å². The third-order valence-electron chi connectivity index (χ3n) is 3.20. The summed E-state index contributed by atoms with van der Waals surface area (Å²) in [4.78, 5) is 7.82. The molecular formula is C17H18FN3. The van der Waals surface area contributed by atoms with Crippen LogP contribution in [0.4, 0.5) is 4.39 Å². The minimum absolute atomic E-state index is 0.512. The molecule has 0 aliphatic heterocycles. The van der Waals surface area contributed by atoms with E-state index in [1.54, 1.807) is 13.1 Å². The van der Waals surface area contributed by atoms with Crippen molar-refractivity contribution in [2.24, 2.45) is 4.99 Å². The minimum atomic E-state index is -0.512. The highest BCUT2D eigenvalue weighted by Crippen LogP contribution is 2.17. The molecule has 1 aromatic carbocycles. The van der Waals surface area contributed by atoms with Crippen molar-refractivity contribution in [1.82, 2.24) is 10.3 Å². The molecule has 1 heterocycles. The van der Waals surface area contributed by atoms with Crippen LogP contribution in [0.3, 0.4) is 0 Å². The van der Waals surface area contributed by atoms with Gasteiger partial charge in [-0.1, -0.05) is 30.3 Å². The molecule has 2 rings (SSSR count). The Morgan fingerprint density at radius 3 is 2.57 bits per heavy atom. The lowest BCUT2D eigenvalue weighted by Crippen LogP contribution is -2.23. The van der Waals surface area contributed by atoms with Gasteiger partial charge < -0.3 is 5.32 Å². The highest BCUT2D eigenvalue weighted by atomic mass is 19.1. The molecule has 0 aliphatic rings. The van der Waals surface area contributed by atoms with Gasteiger partial charge in [-0.05, 0) is 31.5 Å².